The Kier molecular flexibility index (Phi) is 6.79. The normalized spacial score (nSPS) is 18.4. The molecule has 3 aromatic rings. The number of amides is 1. The van der Waals surface area contributed by atoms with Gasteiger partial charge in [0.15, 0.2) is 16.6 Å². The number of aryl methyl sites for hydroxylation is 1. The van der Waals surface area contributed by atoms with Crippen LogP contribution in [0.5, 0.6) is 5.88 Å². The lowest BCUT2D eigenvalue weighted by Gasteiger charge is -2.39. The molecule has 5 rings (SSSR count). The van der Waals surface area contributed by atoms with Crippen molar-refractivity contribution < 1.29 is 19.1 Å². The maximum atomic E-state index is 13.1. The molecule has 1 amide bonds. The van der Waals surface area contributed by atoms with E-state index < -0.39 is 5.60 Å². The van der Waals surface area contributed by atoms with E-state index in [0.717, 1.165) is 35.6 Å². The Labute approximate surface area is 214 Å². The maximum Gasteiger partial charge on any atom is 0.410 e. The van der Waals surface area contributed by atoms with Gasteiger partial charge < -0.3 is 19.3 Å². The summed E-state index contributed by atoms with van der Waals surface area (Å²) < 4.78 is 12.3. The highest BCUT2D eigenvalue weighted by Gasteiger charge is 2.36. The number of thiazole rings is 1. The van der Waals surface area contributed by atoms with Crippen LogP contribution in [0.2, 0.25) is 0 Å². The Morgan fingerprint density at radius 2 is 1.92 bits per heavy atom. The Morgan fingerprint density at radius 3 is 2.67 bits per heavy atom. The summed E-state index contributed by atoms with van der Waals surface area (Å²) in [6.45, 7) is 7.21. The third-order valence-corrected chi connectivity index (χ3v) is 7.37. The summed E-state index contributed by atoms with van der Waals surface area (Å²) in [6.07, 6.45) is 3.98. The van der Waals surface area contributed by atoms with Gasteiger partial charge >= 0.3 is 6.09 Å². The lowest BCUT2D eigenvalue weighted by Crippen LogP contribution is -2.57. The molecule has 1 aromatic carbocycles. The van der Waals surface area contributed by atoms with Gasteiger partial charge in [0.25, 0.3) is 0 Å². The molecule has 0 radical (unpaired) electrons. The molecular formula is C26H31N5O4S. The molecule has 0 N–H and O–H groups in total. The quantitative estimate of drug-likeness (QED) is 0.466. The first-order valence-corrected chi connectivity index (χ1v) is 13.2. The van der Waals surface area contributed by atoms with Crippen LogP contribution >= 0.6 is 11.3 Å². The average Bonchev–Trinajstić information content (AvgIpc) is 3.46. The number of ketones is 1. The lowest BCUT2D eigenvalue weighted by atomic mass is 10.0. The molecule has 2 aromatic heterocycles. The minimum Gasteiger partial charge on any atom is -0.469 e. The first-order chi connectivity index (χ1) is 17.3. The molecule has 0 aliphatic carbocycles. The number of carbonyl (C=O) groups excluding carboxylic acids is 2. The fourth-order valence-corrected chi connectivity index (χ4v) is 5.51. The van der Waals surface area contributed by atoms with Crippen molar-refractivity contribution in [3.63, 3.8) is 0 Å². The number of rotatable bonds is 7. The lowest BCUT2D eigenvalue weighted by molar-refractivity contribution is -0.120. The van der Waals surface area contributed by atoms with E-state index in [1.807, 2.05) is 39.0 Å². The van der Waals surface area contributed by atoms with Gasteiger partial charge in [-0.3, -0.25) is 4.79 Å². The molecule has 4 heterocycles. The molecule has 0 unspecified atom stereocenters. The minimum absolute atomic E-state index is 0.166. The first kappa shape index (κ1) is 24.4. The molecule has 0 saturated carbocycles. The van der Waals surface area contributed by atoms with Crippen molar-refractivity contribution in [1.82, 2.24) is 19.9 Å². The van der Waals surface area contributed by atoms with Gasteiger partial charge in [-0.15, -0.1) is 0 Å². The van der Waals surface area contributed by atoms with Gasteiger partial charge in [0.2, 0.25) is 5.88 Å². The van der Waals surface area contributed by atoms with Crippen LogP contribution in [0.3, 0.4) is 0 Å². The molecule has 2 aliphatic rings. The zero-order chi connectivity index (χ0) is 25.3. The van der Waals surface area contributed by atoms with Crippen molar-refractivity contribution in [2.24, 2.45) is 0 Å². The van der Waals surface area contributed by atoms with Gasteiger partial charge in [0.05, 0.1) is 19.1 Å². The summed E-state index contributed by atoms with van der Waals surface area (Å²) in [4.78, 5) is 42.4. The Balaban J connectivity index is 1.24. The molecule has 36 heavy (non-hydrogen) atoms. The fourth-order valence-electron chi connectivity index (χ4n) is 4.48. The number of likely N-dealkylation sites (tertiary alicyclic amines) is 1. The molecule has 2 aliphatic heterocycles. The Morgan fingerprint density at radius 1 is 1.14 bits per heavy atom. The van der Waals surface area contributed by atoms with Crippen LogP contribution in [0.25, 0.3) is 10.3 Å². The molecule has 0 bridgehead atoms. The second-order valence-electron chi connectivity index (χ2n) is 10.3. The number of fused-ring (bicyclic) bond motifs is 1. The molecule has 10 heteroatoms. The zero-order valence-corrected chi connectivity index (χ0v) is 21.7. The number of anilines is 1. The van der Waals surface area contributed by atoms with Crippen molar-refractivity contribution in [2.75, 3.05) is 24.5 Å². The van der Waals surface area contributed by atoms with E-state index in [9.17, 15) is 9.59 Å². The molecule has 2 fully saturated rings. The van der Waals surface area contributed by atoms with Crippen LogP contribution in [0.15, 0.2) is 36.7 Å². The standard InChI is InChI=1S/C26H31N5O4S/c1-26(2,3)35-25(33)30-14-18(15-30)34-23-21-22(27-16-28-23)29-24(36-21)31-13-7-10-19(31)20(32)12-11-17-8-5-4-6-9-17/h4-6,8-9,16,18-19H,7,10-15H2,1-3H3/t19-/m1/s1. The van der Waals surface area contributed by atoms with E-state index in [0.29, 0.717) is 31.0 Å². The van der Waals surface area contributed by atoms with Gasteiger partial charge in [-0.05, 0) is 45.6 Å². The number of hydrogen-bond acceptors (Lipinski definition) is 9. The second-order valence-corrected chi connectivity index (χ2v) is 11.2. The van der Waals surface area contributed by atoms with E-state index in [-0.39, 0.29) is 24.0 Å². The van der Waals surface area contributed by atoms with Crippen molar-refractivity contribution in [3.8, 4) is 5.88 Å². The predicted octanol–water partition coefficient (Wildman–Crippen LogP) is 4.26. The van der Waals surface area contributed by atoms with Crippen LogP contribution in [-0.2, 0) is 16.0 Å². The van der Waals surface area contributed by atoms with Crippen molar-refractivity contribution in [1.29, 1.82) is 0 Å². The van der Waals surface area contributed by atoms with Gasteiger partial charge in [-0.1, -0.05) is 41.7 Å². The van der Waals surface area contributed by atoms with Gasteiger partial charge in [-0.2, -0.15) is 4.98 Å². The maximum absolute atomic E-state index is 13.1. The predicted molar refractivity (Wildman–Crippen MR) is 138 cm³/mol. The third kappa shape index (κ3) is 5.43. The number of hydrogen-bond donors (Lipinski definition) is 0. The largest absolute Gasteiger partial charge is 0.469 e. The van der Waals surface area contributed by atoms with E-state index in [1.54, 1.807) is 4.90 Å². The number of benzene rings is 1. The first-order valence-electron chi connectivity index (χ1n) is 12.4. The number of aromatic nitrogens is 3. The molecule has 2 saturated heterocycles. The average molecular weight is 510 g/mol. The van der Waals surface area contributed by atoms with Gasteiger partial charge in [0.1, 0.15) is 22.7 Å². The zero-order valence-electron chi connectivity index (χ0n) is 20.8. The highest BCUT2D eigenvalue weighted by molar-refractivity contribution is 7.22. The summed E-state index contributed by atoms with van der Waals surface area (Å²) in [6, 6.07) is 9.94. The summed E-state index contributed by atoms with van der Waals surface area (Å²) in [5.41, 5.74) is 1.21. The van der Waals surface area contributed by atoms with E-state index in [4.69, 9.17) is 14.5 Å². The summed E-state index contributed by atoms with van der Waals surface area (Å²) in [5.74, 6) is 0.707. The molecule has 190 valence electrons. The Bertz CT molecular complexity index is 1240. The number of nitrogens with zero attached hydrogens (tertiary/aromatic N) is 5. The summed E-state index contributed by atoms with van der Waals surface area (Å²) in [7, 11) is 0. The third-order valence-electron chi connectivity index (χ3n) is 6.30. The van der Waals surface area contributed by atoms with Crippen LogP contribution in [0.4, 0.5) is 9.93 Å². The van der Waals surface area contributed by atoms with Crippen molar-refractivity contribution >= 4 is 38.7 Å². The molecular weight excluding hydrogens is 478 g/mol. The van der Waals surface area contributed by atoms with Gasteiger partial charge in [0, 0.05) is 13.0 Å². The smallest absolute Gasteiger partial charge is 0.410 e. The molecule has 1 atom stereocenters. The van der Waals surface area contributed by atoms with Crippen LogP contribution in [-0.4, -0.2) is 69.1 Å². The highest BCUT2D eigenvalue weighted by atomic mass is 32.1. The SMILES string of the molecule is CC(C)(C)OC(=O)N1CC(Oc2ncnc3nc(N4CCC[C@@H]4C(=O)CCc4ccccc4)sc23)C1. The van der Waals surface area contributed by atoms with Gasteiger partial charge in [-0.25, -0.2) is 14.8 Å². The van der Waals surface area contributed by atoms with Crippen LogP contribution in [0.1, 0.15) is 45.6 Å². The van der Waals surface area contributed by atoms with Crippen LogP contribution < -0.4 is 9.64 Å². The van der Waals surface area contributed by atoms with Crippen LogP contribution in [0, 0.1) is 0 Å². The van der Waals surface area contributed by atoms with E-state index in [2.05, 4.69) is 27.0 Å². The van der Waals surface area contributed by atoms with Crippen molar-refractivity contribution in [2.45, 2.75) is 64.2 Å². The number of Topliss-reactive ketones (excluding diaryl/α,β-unsaturated/α-hetero) is 1. The molecule has 9 nitrogen and oxygen atoms in total. The molecule has 0 spiro atoms. The summed E-state index contributed by atoms with van der Waals surface area (Å²) >= 11 is 1.46. The van der Waals surface area contributed by atoms with E-state index in [1.165, 1.54) is 23.2 Å². The second kappa shape index (κ2) is 10.0. The monoisotopic (exact) mass is 509 g/mol. The number of carbonyl (C=O) groups is 2. The highest BCUT2D eigenvalue weighted by Crippen LogP contribution is 2.37. The van der Waals surface area contributed by atoms with E-state index >= 15 is 0 Å². The Hall–Kier alpha value is -3.27. The topological polar surface area (TPSA) is 97.8 Å². The van der Waals surface area contributed by atoms with Crippen molar-refractivity contribution in [3.05, 3.63) is 42.2 Å². The fraction of sp³-hybridized carbons (Fsp3) is 0.500. The number of ether oxygens (including phenoxy) is 2. The summed E-state index contributed by atoms with van der Waals surface area (Å²) in [5, 5.41) is 0.773. The minimum atomic E-state index is -0.531.